The van der Waals surface area contributed by atoms with Crippen molar-refractivity contribution in [3.8, 4) is 11.1 Å². The van der Waals surface area contributed by atoms with Gasteiger partial charge < -0.3 is 57.3 Å². The van der Waals surface area contributed by atoms with Crippen LogP contribution in [0.1, 0.15) is 11.1 Å². The molecule has 5 aromatic heterocycles. The Morgan fingerprint density at radius 3 is 1.42 bits per heavy atom. The van der Waals surface area contributed by atoms with E-state index >= 15 is 0 Å². The van der Waals surface area contributed by atoms with Crippen LogP contribution in [0.15, 0.2) is 115 Å². The normalized spacial score (nSPS) is 11.3. The van der Waals surface area contributed by atoms with Crippen molar-refractivity contribution in [1.29, 1.82) is 0 Å². The quantitative estimate of drug-likeness (QED) is 0.0208. The van der Waals surface area contributed by atoms with E-state index in [1.165, 1.54) is 42.2 Å². The predicted molar refractivity (Wildman–Crippen MR) is 336 cm³/mol. The van der Waals surface area contributed by atoms with Crippen LogP contribution in [0.4, 0.5) is 5.82 Å². The molecule has 4 aromatic carbocycles. The molecule has 0 aliphatic heterocycles. The van der Waals surface area contributed by atoms with Gasteiger partial charge in [-0.15, -0.1) is 0 Å². The lowest BCUT2D eigenvalue weighted by molar-refractivity contribution is -0.138. The molecule has 34 heteroatoms. The van der Waals surface area contributed by atoms with Crippen LogP contribution in [0.25, 0.3) is 54.6 Å². The first-order valence-corrected chi connectivity index (χ1v) is 28.9. The molecule has 8 amide bonds. The minimum Gasteiger partial charge on any atom is -0.382 e. The smallest absolute Gasteiger partial charge is 0.328 e. The third-order valence-corrected chi connectivity index (χ3v) is 15.1. The molecule has 0 bridgehead atoms. The van der Waals surface area contributed by atoms with Gasteiger partial charge in [0, 0.05) is 82.1 Å². The number of carbonyl (C=O) groups excluding carboxylic acids is 8. The van der Waals surface area contributed by atoms with Gasteiger partial charge in [0.2, 0.25) is 47.3 Å². The molecule has 0 aliphatic carbocycles. The molecule has 0 saturated carbocycles. The van der Waals surface area contributed by atoms with E-state index in [0.29, 0.717) is 10.9 Å². The first-order valence-electron chi connectivity index (χ1n) is 28.9. The molecule has 0 saturated heterocycles. The minimum absolute atomic E-state index is 0.0189. The molecular formula is C59H64N20O14. The standard InChI is InChI=1S/C59H64N20O14/c1-33-20-76(57(91)69-54(33)88)27-45(84)73(23-41(61)80)17-13-63-43(82)26-75(47(86)29-78-22-40(56(90)71-59(78)93)38-10-8-37-7-6-35-4-3-5-36-9-11-39(38)50(37)49(35)36)19-15-65-44(83)25-74(46(85)28-77-21-34(2)55(89)70-58(77)92)18-14-64-42(81)24-72(16-12-60)48(87)30-79-32-68-51-52(62)66-31-67-53(51)79/h3-11,20-22,31-32H,12-19,23-30,60H2,1-2H3,(H2,61,80)(H,63,82)(H,64,81)(H,65,83)(H2,62,66,67)(H,69,88,91)(H,70,89,92)(H,71,90,93). The van der Waals surface area contributed by atoms with Crippen LogP contribution in [-0.4, -0.2) is 194 Å². The van der Waals surface area contributed by atoms with Crippen molar-refractivity contribution in [2.75, 3.05) is 84.3 Å². The van der Waals surface area contributed by atoms with Crippen LogP contribution in [0.3, 0.4) is 0 Å². The first-order chi connectivity index (χ1) is 44.5. The predicted octanol–water partition coefficient (Wildman–Crippen LogP) is -4.65. The number of amides is 8. The number of nitrogens with one attached hydrogen (secondary N) is 6. The van der Waals surface area contributed by atoms with Crippen molar-refractivity contribution in [2.24, 2.45) is 11.5 Å². The highest BCUT2D eigenvalue weighted by molar-refractivity contribution is 6.25. The maximum absolute atomic E-state index is 14.5. The molecule has 0 spiro atoms. The van der Waals surface area contributed by atoms with Crippen LogP contribution in [0.2, 0.25) is 0 Å². The largest absolute Gasteiger partial charge is 0.382 e. The molecule has 5 heterocycles. The Kier molecular flexibility index (Phi) is 20.2. The van der Waals surface area contributed by atoms with Crippen molar-refractivity contribution < 1.29 is 38.4 Å². The summed E-state index contributed by atoms with van der Waals surface area (Å²) in [5.74, 6) is -6.24. The van der Waals surface area contributed by atoms with Crippen molar-refractivity contribution in [3.05, 3.63) is 159 Å². The Balaban J connectivity index is 0.908. The number of hydrogen-bond acceptors (Lipinski definition) is 19. The second kappa shape index (κ2) is 28.7. The van der Waals surface area contributed by atoms with Crippen molar-refractivity contribution in [3.63, 3.8) is 0 Å². The summed E-state index contributed by atoms with van der Waals surface area (Å²) in [4.78, 5) is 208. The highest BCUT2D eigenvalue weighted by Gasteiger charge is 2.26. The van der Waals surface area contributed by atoms with E-state index in [2.05, 4.69) is 45.9 Å². The number of nitrogens with zero attached hydrogens (tertiary/aromatic N) is 11. The SMILES string of the molecule is Cc1cn(CC(=O)N(CCNC(=O)CN(CCNC(=O)CN(CCNC(=O)CN(CCN)C(=O)Cn2cnc3c(N)ncnc32)C(=O)Cn2cc(C)c(=O)[nH]c2=O)C(=O)Cn2cc(-c3ccc4ccc5cccc6ccc3c4c56)c(=O)[nH]c2=O)CC(N)=O)c(=O)[nH]c1=O. The molecular weight excluding hydrogens is 1210 g/mol. The summed E-state index contributed by atoms with van der Waals surface area (Å²) in [5, 5.41) is 13.1. The van der Waals surface area contributed by atoms with Gasteiger partial charge in [-0.1, -0.05) is 54.6 Å². The average molecular weight is 1280 g/mol. The Labute approximate surface area is 523 Å². The second-order valence-electron chi connectivity index (χ2n) is 21.7. The minimum atomic E-state index is -0.978. The monoisotopic (exact) mass is 1280 g/mol. The molecule has 0 fully saturated rings. The number of nitrogen functional groups attached to an aromatic ring is 1. The van der Waals surface area contributed by atoms with Gasteiger partial charge in [0.25, 0.3) is 16.7 Å². The van der Waals surface area contributed by atoms with Crippen LogP contribution in [0, 0.1) is 13.8 Å². The van der Waals surface area contributed by atoms with E-state index in [1.807, 2.05) is 48.5 Å². The number of hydrogen-bond donors (Lipinski definition) is 9. The summed E-state index contributed by atoms with van der Waals surface area (Å²) in [5.41, 5.74) is 13.4. The summed E-state index contributed by atoms with van der Waals surface area (Å²) < 4.78 is 4.19. The van der Waals surface area contributed by atoms with Gasteiger partial charge in [-0.05, 0) is 51.7 Å². The highest BCUT2D eigenvalue weighted by Crippen LogP contribution is 2.38. The number of imidazole rings is 1. The van der Waals surface area contributed by atoms with Gasteiger partial charge in [0.05, 0.1) is 38.1 Å². The number of aromatic amines is 3. The number of H-pyrrole nitrogens is 3. The number of aromatic nitrogens is 10. The molecule has 0 aliphatic rings. The highest BCUT2D eigenvalue weighted by atomic mass is 16.2. The van der Waals surface area contributed by atoms with Gasteiger partial charge in [-0.25, -0.2) is 29.3 Å². The fourth-order valence-corrected chi connectivity index (χ4v) is 10.4. The number of rotatable bonds is 28. The zero-order valence-electron chi connectivity index (χ0n) is 50.3. The average Bonchev–Trinajstić information content (AvgIpc) is 1.12. The Morgan fingerprint density at radius 1 is 0.495 bits per heavy atom. The molecule has 12 N–H and O–H groups in total. The van der Waals surface area contributed by atoms with E-state index in [-0.39, 0.29) is 79.5 Å². The van der Waals surface area contributed by atoms with E-state index in [4.69, 9.17) is 17.2 Å². The number of benzene rings is 4. The topological polar surface area (TPSA) is 472 Å². The third kappa shape index (κ3) is 15.5. The zero-order chi connectivity index (χ0) is 66.8. The Hall–Kier alpha value is -12.0. The molecule has 93 heavy (non-hydrogen) atoms. The van der Waals surface area contributed by atoms with Crippen LogP contribution in [-0.2, 0) is 64.5 Å². The number of fused-ring (bicyclic) bond motifs is 1. The van der Waals surface area contributed by atoms with Crippen LogP contribution >= 0.6 is 0 Å². The van der Waals surface area contributed by atoms with Crippen LogP contribution in [0.5, 0.6) is 0 Å². The Morgan fingerprint density at radius 2 is 0.925 bits per heavy atom. The van der Waals surface area contributed by atoms with Crippen molar-refractivity contribution in [2.45, 2.75) is 40.0 Å². The van der Waals surface area contributed by atoms with Gasteiger partial charge in [-0.3, -0.25) is 81.4 Å². The lowest BCUT2D eigenvalue weighted by atomic mass is 9.90. The number of aryl methyl sites for hydroxylation is 2. The summed E-state index contributed by atoms with van der Waals surface area (Å²) >= 11 is 0. The van der Waals surface area contributed by atoms with Gasteiger partial charge in [0.15, 0.2) is 11.5 Å². The fraction of sp³-hybridized carbons (Fsp3) is 0.305. The number of primary amides is 1. The second-order valence-corrected chi connectivity index (χ2v) is 21.7. The summed E-state index contributed by atoms with van der Waals surface area (Å²) in [7, 11) is 0. The molecule has 484 valence electrons. The van der Waals surface area contributed by atoms with Crippen molar-refractivity contribution in [1.82, 2.24) is 83.7 Å². The van der Waals surface area contributed by atoms with E-state index in [9.17, 15) is 67.1 Å². The molecule has 0 atom stereocenters. The summed E-state index contributed by atoms with van der Waals surface area (Å²) in [6, 6.07) is 17.1. The molecule has 34 nitrogen and oxygen atoms in total. The maximum atomic E-state index is 14.5. The maximum Gasteiger partial charge on any atom is 0.328 e. The van der Waals surface area contributed by atoms with E-state index in [1.54, 1.807) is 6.07 Å². The fourth-order valence-electron chi connectivity index (χ4n) is 10.4. The van der Waals surface area contributed by atoms with Crippen molar-refractivity contribution >= 4 is 96.6 Å². The summed E-state index contributed by atoms with van der Waals surface area (Å²) in [6.07, 6.45) is 6.06. The molecule has 9 rings (SSSR count). The van der Waals surface area contributed by atoms with Gasteiger partial charge >= 0.3 is 17.1 Å². The third-order valence-electron chi connectivity index (χ3n) is 15.1. The van der Waals surface area contributed by atoms with Gasteiger partial charge in [-0.2, -0.15) is 0 Å². The van der Waals surface area contributed by atoms with Gasteiger partial charge in [0.1, 0.15) is 38.0 Å². The number of anilines is 1. The molecule has 0 radical (unpaired) electrons. The lowest BCUT2D eigenvalue weighted by Crippen LogP contribution is -2.50. The number of carbonyl (C=O) groups is 8. The molecule has 0 unspecified atom stereocenters. The number of nitrogens with two attached hydrogens (primary N) is 3. The Bertz CT molecular complexity index is 4780. The van der Waals surface area contributed by atoms with E-state index in [0.717, 1.165) is 67.7 Å². The zero-order valence-corrected chi connectivity index (χ0v) is 50.3. The van der Waals surface area contributed by atoms with E-state index < -0.39 is 140 Å². The first kappa shape index (κ1) is 65.5. The summed E-state index contributed by atoms with van der Waals surface area (Å²) in [6.45, 7) is -4.38. The molecule has 9 aromatic rings. The lowest BCUT2D eigenvalue weighted by Gasteiger charge is -2.25. The van der Waals surface area contributed by atoms with Crippen LogP contribution < -0.4 is 66.9 Å².